The molecule has 0 saturated carbocycles. The topological polar surface area (TPSA) is 27.7 Å². The summed E-state index contributed by atoms with van der Waals surface area (Å²) in [5, 5.41) is 0. The van der Waals surface area contributed by atoms with Crippen molar-refractivity contribution >= 4 is 0 Å². The van der Waals surface area contributed by atoms with E-state index in [1.807, 2.05) is 109 Å². The van der Waals surface area contributed by atoms with Gasteiger partial charge in [-0.05, 0) is 48.5 Å². The SMILES string of the molecule is c1ccc(Oc2cccc(Oc3ccccc3Oc3ccccc3)c2)cc1. The second kappa shape index (κ2) is 8.11. The van der Waals surface area contributed by atoms with E-state index in [4.69, 9.17) is 14.2 Å². The van der Waals surface area contributed by atoms with E-state index in [1.54, 1.807) is 0 Å². The second-order valence-electron chi connectivity index (χ2n) is 5.85. The van der Waals surface area contributed by atoms with Crippen molar-refractivity contribution in [1.82, 2.24) is 0 Å². The average Bonchev–Trinajstić information content (AvgIpc) is 2.71. The number of para-hydroxylation sites is 4. The Morgan fingerprint density at radius 3 is 1.33 bits per heavy atom. The molecule has 27 heavy (non-hydrogen) atoms. The van der Waals surface area contributed by atoms with Crippen molar-refractivity contribution in [3.63, 3.8) is 0 Å². The van der Waals surface area contributed by atoms with Crippen molar-refractivity contribution in [1.29, 1.82) is 0 Å². The summed E-state index contributed by atoms with van der Waals surface area (Å²) in [6, 6.07) is 34.4. The molecule has 132 valence electrons. The predicted molar refractivity (Wildman–Crippen MR) is 106 cm³/mol. The van der Waals surface area contributed by atoms with E-state index in [9.17, 15) is 0 Å². The van der Waals surface area contributed by atoms with Crippen LogP contribution in [0.25, 0.3) is 0 Å². The molecule has 0 fully saturated rings. The molecular weight excluding hydrogens is 336 g/mol. The molecule has 0 atom stereocenters. The van der Waals surface area contributed by atoms with Crippen molar-refractivity contribution in [3.8, 4) is 34.5 Å². The van der Waals surface area contributed by atoms with E-state index in [2.05, 4.69) is 0 Å². The van der Waals surface area contributed by atoms with Crippen molar-refractivity contribution in [2.45, 2.75) is 0 Å². The zero-order valence-corrected chi connectivity index (χ0v) is 14.6. The molecule has 0 heterocycles. The maximum absolute atomic E-state index is 6.06. The first-order valence-electron chi connectivity index (χ1n) is 8.69. The van der Waals surface area contributed by atoms with Crippen LogP contribution in [0.15, 0.2) is 109 Å². The summed E-state index contributed by atoms with van der Waals surface area (Å²) in [7, 11) is 0. The molecule has 0 aliphatic rings. The van der Waals surface area contributed by atoms with Crippen LogP contribution in [0.2, 0.25) is 0 Å². The maximum atomic E-state index is 6.06. The third-order valence-corrected chi connectivity index (χ3v) is 3.83. The molecule has 3 heteroatoms. The van der Waals surface area contributed by atoms with Crippen LogP contribution in [-0.4, -0.2) is 0 Å². The van der Waals surface area contributed by atoms with Gasteiger partial charge in [-0.15, -0.1) is 0 Å². The van der Waals surface area contributed by atoms with Crippen molar-refractivity contribution < 1.29 is 14.2 Å². The second-order valence-corrected chi connectivity index (χ2v) is 5.85. The minimum atomic E-state index is 0.637. The van der Waals surface area contributed by atoms with Gasteiger partial charge < -0.3 is 14.2 Å². The lowest BCUT2D eigenvalue weighted by Gasteiger charge is -2.13. The molecule has 0 N–H and O–H groups in total. The zero-order valence-electron chi connectivity index (χ0n) is 14.6. The normalized spacial score (nSPS) is 10.2. The summed E-state index contributed by atoms with van der Waals surface area (Å²) in [5.41, 5.74) is 0. The Kier molecular flexibility index (Phi) is 5.02. The minimum Gasteiger partial charge on any atom is -0.457 e. The van der Waals surface area contributed by atoms with Gasteiger partial charge >= 0.3 is 0 Å². The number of benzene rings is 4. The lowest BCUT2D eigenvalue weighted by molar-refractivity contribution is 0.415. The number of rotatable bonds is 6. The molecule has 0 aromatic heterocycles. The van der Waals surface area contributed by atoms with Gasteiger partial charge in [0.15, 0.2) is 11.5 Å². The molecule has 0 amide bonds. The Hall–Kier alpha value is -3.72. The van der Waals surface area contributed by atoms with Gasteiger partial charge in [-0.2, -0.15) is 0 Å². The maximum Gasteiger partial charge on any atom is 0.169 e. The third kappa shape index (κ3) is 4.47. The van der Waals surface area contributed by atoms with Crippen LogP contribution in [0.4, 0.5) is 0 Å². The molecule has 4 aromatic carbocycles. The van der Waals surface area contributed by atoms with Crippen LogP contribution in [0, 0.1) is 0 Å². The first-order chi connectivity index (χ1) is 13.4. The van der Waals surface area contributed by atoms with Gasteiger partial charge in [-0.25, -0.2) is 0 Å². The first kappa shape index (κ1) is 16.7. The van der Waals surface area contributed by atoms with Gasteiger partial charge in [-0.3, -0.25) is 0 Å². The van der Waals surface area contributed by atoms with Crippen LogP contribution < -0.4 is 14.2 Å². The summed E-state index contributed by atoms with van der Waals surface area (Å²) >= 11 is 0. The Morgan fingerprint density at radius 1 is 0.333 bits per heavy atom. The lowest BCUT2D eigenvalue weighted by atomic mass is 10.3. The van der Waals surface area contributed by atoms with Crippen LogP contribution in [0.1, 0.15) is 0 Å². The first-order valence-corrected chi connectivity index (χ1v) is 8.69. The van der Waals surface area contributed by atoms with E-state index < -0.39 is 0 Å². The molecule has 0 radical (unpaired) electrons. The Balaban J connectivity index is 1.53. The predicted octanol–water partition coefficient (Wildman–Crippen LogP) is 7.06. The van der Waals surface area contributed by atoms with Gasteiger partial charge in [0.25, 0.3) is 0 Å². The van der Waals surface area contributed by atoms with Crippen LogP contribution in [-0.2, 0) is 0 Å². The van der Waals surface area contributed by atoms with Gasteiger partial charge in [0.1, 0.15) is 23.0 Å². The van der Waals surface area contributed by atoms with Crippen molar-refractivity contribution in [2.75, 3.05) is 0 Å². The number of ether oxygens (including phenoxy) is 3. The average molecular weight is 354 g/mol. The molecule has 0 aliphatic heterocycles. The number of hydrogen-bond donors (Lipinski definition) is 0. The molecule has 0 spiro atoms. The minimum absolute atomic E-state index is 0.637. The Morgan fingerprint density at radius 2 is 0.741 bits per heavy atom. The standard InChI is InChI=1S/C24H18O3/c1-3-10-19(11-4-1)25-21-14-9-15-22(18-21)27-24-17-8-7-16-23(24)26-20-12-5-2-6-13-20/h1-18H. The Bertz CT molecular complexity index is 998. The van der Waals surface area contributed by atoms with Gasteiger partial charge in [0.2, 0.25) is 0 Å². The summed E-state index contributed by atoms with van der Waals surface area (Å²) in [5.74, 6) is 4.21. The largest absolute Gasteiger partial charge is 0.457 e. The fourth-order valence-electron chi connectivity index (χ4n) is 2.59. The molecule has 4 rings (SSSR count). The highest BCUT2D eigenvalue weighted by molar-refractivity contribution is 5.46. The molecule has 0 aliphatic carbocycles. The van der Waals surface area contributed by atoms with Crippen LogP contribution in [0.3, 0.4) is 0 Å². The van der Waals surface area contributed by atoms with E-state index in [0.29, 0.717) is 23.0 Å². The van der Waals surface area contributed by atoms with E-state index in [1.165, 1.54) is 0 Å². The molecule has 0 bridgehead atoms. The molecule has 3 nitrogen and oxygen atoms in total. The van der Waals surface area contributed by atoms with Crippen LogP contribution in [0.5, 0.6) is 34.5 Å². The highest BCUT2D eigenvalue weighted by Crippen LogP contribution is 2.35. The highest BCUT2D eigenvalue weighted by atomic mass is 16.5. The number of hydrogen-bond acceptors (Lipinski definition) is 3. The van der Waals surface area contributed by atoms with Gasteiger partial charge in [0, 0.05) is 6.07 Å². The van der Waals surface area contributed by atoms with Crippen molar-refractivity contribution in [2.24, 2.45) is 0 Å². The Labute approximate surface area is 158 Å². The van der Waals surface area contributed by atoms with Crippen molar-refractivity contribution in [3.05, 3.63) is 109 Å². The van der Waals surface area contributed by atoms with Gasteiger partial charge in [0.05, 0.1) is 0 Å². The summed E-state index contributed by atoms with van der Waals surface area (Å²) < 4.78 is 17.9. The van der Waals surface area contributed by atoms with Gasteiger partial charge in [-0.1, -0.05) is 54.6 Å². The van der Waals surface area contributed by atoms with Crippen LogP contribution >= 0.6 is 0 Å². The lowest BCUT2D eigenvalue weighted by Crippen LogP contribution is -1.91. The van der Waals surface area contributed by atoms with E-state index in [0.717, 1.165) is 11.5 Å². The third-order valence-electron chi connectivity index (χ3n) is 3.83. The highest BCUT2D eigenvalue weighted by Gasteiger charge is 2.08. The molecule has 0 saturated heterocycles. The molecular formula is C24H18O3. The fourth-order valence-corrected chi connectivity index (χ4v) is 2.59. The summed E-state index contributed by atoms with van der Waals surface area (Å²) in [6.07, 6.45) is 0. The molecule has 4 aromatic rings. The molecule has 0 unspecified atom stereocenters. The monoisotopic (exact) mass is 354 g/mol. The quantitative estimate of drug-likeness (QED) is 0.371. The van der Waals surface area contributed by atoms with E-state index in [-0.39, 0.29) is 0 Å². The van der Waals surface area contributed by atoms with E-state index >= 15 is 0 Å². The fraction of sp³-hybridized carbons (Fsp3) is 0. The summed E-state index contributed by atoms with van der Waals surface area (Å²) in [6.45, 7) is 0. The summed E-state index contributed by atoms with van der Waals surface area (Å²) in [4.78, 5) is 0. The zero-order chi connectivity index (χ0) is 18.3. The smallest absolute Gasteiger partial charge is 0.169 e.